The van der Waals surface area contributed by atoms with Crippen molar-refractivity contribution in [2.45, 2.75) is 43.4 Å². The number of nitrogens with two attached hydrogens (primary N) is 1. The topological polar surface area (TPSA) is 125 Å². The quantitative estimate of drug-likeness (QED) is 0.325. The van der Waals surface area contributed by atoms with Crippen LogP contribution >= 0.6 is 0 Å². The molecule has 3 rings (SSSR count). The van der Waals surface area contributed by atoms with E-state index in [2.05, 4.69) is 25.6 Å². The van der Waals surface area contributed by atoms with Crippen LogP contribution in [-0.2, 0) is 20.0 Å². The summed E-state index contributed by atoms with van der Waals surface area (Å²) >= 11 is 0. The number of ether oxygens (including phenoxy) is 2. The third-order valence-corrected chi connectivity index (χ3v) is 4.45. The maximum Gasteiger partial charge on any atom is 0.399 e. The first-order valence-corrected chi connectivity index (χ1v) is 8.14. The summed E-state index contributed by atoms with van der Waals surface area (Å²) < 4.78 is 62.1. The first kappa shape index (κ1) is 20.7. The monoisotopic (exact) mass is 417 g/mol. The van der Waals surface area contributed by atoms with Crippen molar-refractivity contribution < 1.29 is 36.9 Å². The maximum absolute atomic E-state index is 13.6. The molecule has 0 radical (unpaired) electrons. The summed E-state index contributed by atoms with van der Waals surface area (Å²) in [5, 5.41) is 10.5. The average Bonchev–Trinajstić information content (AvgIpc) is 3.12. The lowest BCUT2D eigenvalue weighted by Gasteiger charge is -2.30. The number of hydrogen-bond donors (Lipinski definition) is 2. The summed E-state index contributed by atoms with van der Waals surface area (Å²) in [6.45, 7) is 0.636. The molecule has 9 nitrogen and oxygen atoms in total. The first-order valence-electron chi connectivity index (χ1n) is 8.14. The Morgan fingerprint density at radius 1 is 1.55 bits per heavy atom. The molecule has 1 aliphatic heterocycles. The fourth-order valence-corrected chi connectivity index (χ4v) is 3.11. The van der Waals surface area contributed by atoms with Crippen molar-refractivity contribution in [1.82, 2.24) is 19.5 Å². The largest absolute Gasteiger partial charge is 0.461 e. The maximum atomic E-state index is 13.6. The Bertz CT molecular complexity index is 1000. The van der Waals surface area contributed by atoms with Crippen LogP contribution in [0, 0.1) is 18.4 Å². The molecular weight excluding hydrogens is 402 g/mol. The van der Waals surface area contributed by atoms with E-state index in [4.69, 9.17) is 16.9 Å². The van der Waals surface area contributed by atoms with Crippen LogP contribution in [0.25, 0.3) is 11.2 Å². The number of anilines is 1. The second kappa shape index (κ2) is 6.82. The standard InChI is InChI=1S/C16H15F4N5O4/c1-3-15(6-28-9(27)5-16(18,19)20)8(26)4-14(2,29-15)25-7-22-10-11(21)23-13(17)24-12(10)25/h1,7-8,26H,4-6H2,2H3,(H2,21,23,24)/t8-,14+,15+/m0/s1. The minimum atomic E-state index is -4.76. The van der Waals surface area contributed by atoms with Gasteiger partial charge in [0.2, 0.25) is 0 Å². The number of carbonyl (C=O) groups excluding carboxylic acids is 1. The number of rotatable bonds is 4. The van der Waals surface area contributed by atoms with E-state index in [1.165, 1.54) is 17.8 Å². The van der Waals surface area contributed by atoms with E-state index >= 15 is 0 Å². The molecule has 0 amide bonds. The van der Waals surface area contributed by atoms with Crippen LogP contribution in [0.1, 0.15) is 19.8 Å². The second-order valence-electron chi connectivity index (χ2n) is 6.65. The zero-order valence-corrected chi connectivity index (χ0v) is 14.9. The van der Waals surface area contributed by atoms with Gasteiger partial charge in [-0.2, -0.15) is 27.5 Å². The van der Waals surface area contributed by atoms with Gasteiger partial charge in [0, 0.05) is 6.42 Å². The van der Waals surface area contributed by atoms with Crippen LogP contribution in [0.3, 0.4) is 0 Å². The number of terminal acetylenes is 1. The molecule has 0 spiro atoms. The Morgan fingerprint density at radius 2 is 2.24 bits per heavy atom. The number of aliphatic hydroxyl groups excluding tert-OH is 1. The molecule has 13 heteroatoms. The fraction of sp³-hybridized carbons (Fsp3) is 0.500. The Kier molecular flexibility index (Phi) is 4.88. The van der Waals surface area contributed by atoms with Crippen molar-refractivity contribution in [1.29, 1.82) is 0 Å². The molecule has 2 aromatic heterocycles. The van der Waals surface area contributed by atoms with Crippen molar-refractivity contribution in [3.63, 3.8) is 0 Å². The second-order valence-corrected chi connectivity index (χ2v) is 6.65. The molecule has 0 aromatic carbocycles. The summed E-state index contributed by atoms with van der Waals surface area (Å²) in [4.78, 5) is 22.3. The number of halogens is 4. The highest BCUT2D eigenvalue weighted by Crippen LogP contribution is 2.42. The number of nitrogens with zero attached hydrogens (tertiary/aromatic N) is 4. The molecule has 29 heavy (non-hydrogen) atoms. The Hall–Kier alpha value is -2.98. The number of hydrogen-bond acceptors (Lipinski definition) is 8. The minimum Gasteiger partial charge on any atom is -0.461 e. The van der Waals surface area contributed by atoms with Gasteiger partial charge in [-0.15, -0.1) is 6.42 Å². The van der Waals surface area contributed by atoms with E-state index in [1.54, 1.807) is 0 Å². The van der Waals surface area contributed by atoms with Gasteiger partial charge in [-0.1, -0.05) is 5.92 Å². The zero-order chi connectivity index (χ0) is 21.6. The van der Waals surface area contributed by atoms with Crippen molar-refractivity contribution >= 4 is 23.0 Å². The van der Waals surface area contributed by atoms with Gasteiger partial charge >= 0.3 is 18.2 Å². The number of nitrogen functional groups attached to an aromatic ring is 1. The van der Waals surface area contributed by atoms with E-state index in [0.717, 1.165) is 0 Å². The van der Waals surface area contributed by atoms with Gasteiger partial charge in [0.25, 0.3) is 0 Å². The summed E-state index contributed by atoms with van der Waals surface area (Å²) in [6.07, 6.45) is -2.68. The number of fused-ring (bicyclic) bond motifs is 1. The van der Waals surface area contributed by atoms with Crippen LogP contribution < -0.4 is 5.73 Å². The molecule has 3 heterocycles. The van der Waals surface area contributed by atoms with Crippen molar-refractivity contribution in [2.24, 2.45) is 0 Å². The fourth-order valence-electron chi connectivity index (χ4n) is 3.11. The van der Waals surface area contributed by atoms with Gasteiger partial charge in [0.15, 0.2) is 22.6 Å². The number of imidazole rings is 1. The summed E-state index contributed by atoms with van der Waals surface area (Å²) in [5.74, 6) is 0.336. The minimum absolute atomic E-state index is 0.0495. The van der Waals surface area contributed by atoms with Crippen LogP contribution in [0.4, 0.5) is 23.4 Å². The van der Waals surface area contributed by atoms with Crippen molar-refractivity contribution in [3.8, 4) is 12.3 Å². The number of esters is 1. The zero-order valence-electron chi connectivity index (χ0n) is 14.9. The predicted octanol–water partition coefficient (Wildman–Crippen LogP) is 0.869. The third-order valence-electron chi connectivity index (χ3n) is 4.45. The Morgan fingerprint density at radius 3 is 2.86 bits per heavy atom. The molecular formula is C16H15F4N5O4. The molecule has 3 N–H and O–H groups in total. The van der Waals surface area contributed by atoms with Gasteiger partial charge in [-0.3, -0.25) is 9.36 Å². The molecule has 2 aromatic rings. The summed E-state index contributed by atoms with van der Waals surface area (Å²) in [5.41, 5.74) is 2.24. The smallest absolute Gasteiger partial charge is 0.399 e. The predicted molar refractivity (Wildman–Crippen MR) is 88.2 cm³/mol. The molecule has 0 unspecified atom stereocenters. The highest BCUT2D eigenvalue weighted by molar-refractivity contribution is 5.81. The van der Waals surface area contributed by atoms with Gasteiger partial charge in [-0.05, 0) is 6.92 Å². The molecule has 0 aliphatic carbocycles. The van der Waals surface area contributed by atoms with Gasteiger partial charge in [0.1, 0.15) is 24.9 Å². The van der Waals surface area contributed by atoms with Crippen LogP contribution in [0.2, 0.25) is 0 Å². The first-order chi connectivity index (χ1) is 13.4. The van der Waals surface area contributed by atoms with E-state index < -0.39 is 48.7 Å². The molecule has 0 bridgehead atoms. The molecule has 1 aliphatic rings. The third kappa shape index (κ3) is 3.81. The SMILES string of the molecule is C#C[C@]1(COC(=O)CC(F)(F)F)O[C@@](C)(n2cnc3c(N)nc(F)nc32)C[C@@H]1O. The molecule has 1 saturated heterocycles. The van der Waals surface area contributed by atoms with Gasteiger partial charge in [0.05, 0.1) is 6.33 Å². The van der Waals surface area contributed by atoms with E-state index in [1.807, 2.05) is 0 Å². The van der Waals surface area contributed by atoms with Gasteiger partial charge < -0.3 is 20.3 Å². The average molecular weight is 417 g/mol. The highest BCUT2D eigenvalue weighted by atomic mass is 19.4. The Labute approximate surface area is 160 Å². The van der Waals surface area contributed by atoms with Crippen molar-refractivity contribution in [2.75, 3.05) is 12.3 Å². The Balaban J connectivity index is 1.88. The number of aromatic nitrogens is 4. The lowest BCUT2D eigenvalue weighted by molar-refractivity contribution is -0.184. The van der Waals surface area contributed by atoms with E-state index in [-0.39, 0.29) is 23.4 Å². The highest BCUT2D eigenvalue weighted by Gasteiger charge is 2.55. The molecule has 3 atom stereocenters. The molecule has 0 saturated carbocycles. The summed E-state index contributed by atoms with van der Waals surface area (Å²) in [6, 6.07) is 0. The van der Waals surface area contributed by atoms with Crippen LogP contribution in [-0.4, -0.2) is 55.1 Å². The van der Waals surface area contributed by atoms with Gasteiger partial charge in [-0.25, -0.2) is 4.98 Å². The number of carbonyl (C=O) groups is 1. The lowest BCUT2D eigenvalue weighted by atomic mass is 9.97. The molecule has 1 fully saturated rings. The van der Waals surface area contributed by atoms with E-state index in [9.17, 15) is 27.5 Å². The van der Waals surface area contributed by atoms with Crippen molar-refractivity contribution in [3.05, 3.63) is 12.4 Å². The molecule has 156 valence electrons. The number of aliphatic hydroxyl groups is 1. The van der Waals surface area contributed by atoms with Crippen LogP contribution in [0.15, 0.2) is 6.33 Å². The number of alkyl halides is 3. The van der Waals surface area contributed by atoms with E-state index in [0.29, 0.717) is 0 Å². The summed E-state index contributed by atoms with van der Waals surface area (Å²) in [7, 11) is 0. The normalized spacial score (nSPS) is 27.1. The van der Waals surface area contributed by atoms with Crippen LogP contribution in [0.5, 0.6) is 0 Å². The lowest BCUT2D eigenvalue weighted by Crippen LogP contribution is -2.44.